The largest absolute Gasteiger partial charge is 0.454 e. The molecule has 0 aliphatic heterocycles. The van der Waals surface area contributed by atoms with Crippen LogP contribution in [0.3, 0.4) is 0 Å². The minimum atomic E-state index is -1.01. The van der Waals surface area contributed by atoms with Crippen molar-refractivity contribution in [2.24, 2.45) is 0 Å². The summed E-state index contributed by atoms with van der Waals surface area (Å²) in [5, 5.41) is 9.03. The topological polar surface area (TPSA) is 29.5 Å². The number of hydrogen-bond acceptors (Lipinski definition) is 2. The molecule has 0 amide bonds. The summed E-state index contributed by atoms with van der Waals surface area (Å²) in [4.78, 5) is 0. The molecule has 0 aliphatic carbocycles. The summed E-state index contributed by atoms with van der Waals surface area (Å²) in [5.74, 6) is -1.72. The lowest BCUT2D eigenvalue weighted by Crippen LogP contribution is -1.93. The van der Waals surface area contributed by atoms with E-state index in [1.807, 2.05) is 0 Å². The van der Waals surface area contributed by atoms with Gasteiger partial charge in [0.05, 0.1) is 6.61 Å². The number of rotatable bonds is 3. The van der Waals surface area contributed by atoms with Crippen LogP contribution >= 0.6 is 0 Å². The Kier molecular flexibility index (Phi) is 3.58. The quantitative estimate of drug-likeness (QED) is 0.902. The van der Waals surface area contributed by atoms with E-state index in [0.717, 1.165) is 17.2 Å². The molecule has 0 atom stereocenters. The van der Waals surface area contributed by atoms with Crippen molar-refractivity contribution in [1.29, 1.82) is 0 Å². The van der Waals surface area contributed by atoms with Gasteiger partial charge in [0.25, 0.3) is 0 Å². The van der Waals surface area contributed by atoms with Gasteiger partial charge in [-0.2, -0.15) is 4.39 Å². The normalized spacial score (nSPS) is 10.4. The summed E-state index contributed by atoms with van der Waals surface area (Å²) >= 11 is 0. The van der Waals surface area contributed by atoms with Crippen LogP contribution in [0.15, 0.2) is 36.4 Å². The van der Waals surface area contributed by atoms with Crippen molar-refractivity contribution in [3.8, 4) is 11.5 Å². The van der Waals surface area contributed by atoms with E-state index in [4.69, 9.17) is 9.84 Å². The second-order valence-electron chi connectivity index (χ2n) is 3.90. The first-order valence-electron chi connectivity index (χ1n) is 5.44. The highest BCUT2D eigenvalue weighted by molar-refractivity contribution is 5.38. The van der Waals surface area contributed by atoms with E-state index in [1.54, 1.807) is 25.1 Å². The third-order valence-electron chi connectivity index (χ3n) is 2.63. The van der Waals surface area contributed by atoms with Crippen molar-refractivity contribution < 1.29 is 18.6 Å². The van der Waals surface area contributed by atoms with Crippen molar-refractivity contribution in [2.45, 2.75) is 13.5 Å². The standard InChI is InChI=1S/C14H12F2O2/c1-9-7-11(6-5-10(9)8-17)18-13-4-2-3-12(15)14(13)16/h2-7,17H,8H2,1H3. The molecule has 94 valence electrons. The van der Waals surface area contributed by atoms with Gasteiger partial charge < -0.3 is 9.84 Å². The maximum atomic E-state index is 13.4. The minimum absolute atomic E-state index is 0.0690. The minimum Gasteiger partial charge on any atom is -0.454 e. The van der Waals surface area contributed by atoms with Crippen molar-refractivity contribution in [3.05, 3.63) is 59.2 Å². The van der Waals surface area contributed by atoms with Gasteiger partial charge >= 0.3 is 0 Å². The Hall–Kier alpha value is -1.94. The maximum absolute atomic E-state index is 13.4. The number of benzene rings is 2. The molecule has 0 bridgehead atoms. The summed E-state index contributed by atoms with van der Waals surface area (Å²) < 4.78 is 31.7. The van der Waals surface area contributed by atoms with Crippen LogP contribution < -0.4 is 4.74 Å². The third-order valence-corrected chi connectivity index (χ3v) is 2.63. The van der Waals surface area contributed by atoms with Gasteiger partial charge in [-0.05, 0) is 42.3 Å². The molecule has 0 saturated heterocycles. The number of ether oxygens (including phenoxy) is 1. The molecule has 0 heterocycles. The molecule has 0 radical (unpaired) electrons. The highest BCUT2D eigenvalue weighted by atomic mass is 19.2. The molecule has 0 saturated carbocycles. The van der Waals surface area contributed by atoms with Crippen LogP contribution in [-0.2, 0) is 6.61 Å². The van der Waals surface area contributed by atoms with Gasteiger partial charge in [0.1, 0.15) is 5.75 Å². The first-order valence-corrected chi connectivity index (χ1v) is 5.44. The molecule has 2 aromatic rings. The van der Waals surface area contributed by atoms with Crippen molar-refractivity contribution in [3.63, 3.8) is 0 Å². The summed E-state index contributed by atoms with van der Waals surface area (Å²) in [6.45, 7) is 1.74. The zero-order valence-corrected chi connectivity index (χ0v) is 9.78. The van der Waals surface area contributed by atoms with Gasteiger partial charge in [-0.3, -0.25) is 0 Å². The van der Waals surface area contributed by atoms with Gasteiger partial charge in [-0.25, -0.2) is 4.39 Å². The number of aliphatic hydroxyl groups excluding tert-OH is 1. The van der Waals surface area contributed by atoms with E-state index in [-0.39, 0.29) is 12.4 Å². The molecule has 4 heteroatoms. The molecular formula is C14H12F2O2. The highest BCUT2D eigenvalue weighted by Crippen LogP contribution is 2.27. The first kappa shape index (κ1) is 12.5. The Morgan fingerprint density at radius 2 is 1.94 bits per heavy atom. The lowest BCUT2D eigenvalue weighted by Gasteiger charge is -2.09. The lowest BCUT2D eigenvalue weighted by molar-refractivity contribution is 0.281. The predicted molar refractivity (Wildman–Crippen MR) is 63.5 cm³/mol. The Morgan fingerprint density at radius 3 is 2.61 bits per heavy atom. The number of aryl methyl sites for hydroxylation is 1. The molecule has 0 aliphatic rings. The molecule has 0 spiro atoms. The Bertz CT molecular complexity index is 568. The van der Waals surface area contributed by atoms with Gasteiger partial charge in [-0.15, -0.1) is 0 Å². The fraction of sp³-hybridized carbons (Fsp3) is 0.143. The SMILES string of the molecule is Cc1cc(Oc2cccc(F)c2F)ccc1CO. The first-order chi connectivity index (χ1) is 8.61. The van der Waals surface area contributed by atoms with Crippen LogP contribution in [0.4, 0.5) is 8.78 Å². The van der Waals surface area contributed by atoms with Crippen molar-refractivity contribution in [1.82, 2.24) is 0 Å². The van der Waals surface area contributed by atoms with Crippen LogP contribution in [0.25, 0.3) is 0 Å². The van der Waals surface area contributed by atoms with Crippen LogP contribution in [0.2, 0.25) is 0 Å². The Labute approximate surface area is 103 Å². The molecule has 0 aromatic heterocycles. The summed E-state index contributed by atoms with van der Waals surface area (Å²) in [7, 11) is 0. The zero-order chi connectivity index (χ0) is 13.1. The summed E-state index contributed by atoms with van der Waals surface area (Å²) in [6, 6.07) is 8.71. The molecule has 1 N–H and O–H groups in total. The molecule has 2 nitrogen and oxygen atoms in total. The Balaban J connectivity index is 2.29. The van der Waals surface area contributed by atoms with E-state index in [0.29, 0.717) is 5.75 Å². The number of halogens is 2. The van der Waals surface area contributed by atoms with Gasteiger partial charge in [-0.1, -0.05) is 12.1 Å². The molecule has 0 unspecified atom stereocenters. The van der Waals surface area contributed by atoms with Crippen LogP contribution in [-0.4, -0.2) is 5.11 Å². The van der Waals surface area contributed by atoms with Crippen molar-refractivity contribution >= 4 is 0 Å². The monoisotopic (exact) mass is 250 g/mol. The molecule has 18 heavy (non-hydrogen) atoms. The Morgan fingerprint density at radius 1 is 1.17 bits per heavy atom. The maximum Gasteiger partial charge on any atom is 0.201 e. The fourth-order valence-corrected chi connectivity index (χ4v) is 1.60. The smallest absolute Gasteiger partial charge is 0.201 e. The van der Waals surface area contributed by atoms with E-state index in [2.05, 4.69) is 0 Å². The molecule has 2 rings (SSSR count). The number of hydrogen-bond donors (Lipinski definition) is 1. The summed E-state index contributed by atoms with van der Waals surface area (Å²) in [6.07, 6.45) is 0. The van der Waals surface area contributed by atoms with E-state index < -0.39 is 11.6 Å². The molecule has 2 aromatic carbocycles. The predicted octanol–water partition coefficient (Wildman–Crippen LogP) is 3.56. The fourth-order valence-electron chi connectivity index (χ4n) is 1.60. The van der Waals surface area contributed by atoms with Gasteiger partial charge in [0.2, 0.25) is 5.82 Å². The van der Waals surface area contributed by atoms with E-state index >= 15 is 0 Å². The van der Waals surface area contributed by atoms with E-state index in [1.165, 1.54) is 12.1 Å². The van der Waals surface area contributed by atoms with Crippen molar-refractivity contribution in [2.75, 3.05) is 0 Å². The second kappa shape index (κ2) is 5.14. The lowest BCUT2D eigenvalue weighted by atomic mass is 10.1. The van der Waals surface area contributed by atoms with Crippen LogP contribution in [0, 0.1) is 18.6 Å². The zero-order valence-electron chi connectivity index (χ0n) is 9.78. The average Bonchev–Trinajstić information content (AvgIpc) is 2.35. The van der Waals surface area contributed by atoms with E-state index in [9.17, 15) is 8.78 Å². The van der Waals surface area contributed by atoms with Gasteiger partial charge in [0.15, 0.2) is 11.6 Å². The molecule has 0 fully saturated rings. The molecular weight excluding hydrogens is 238 g/mol. The van der Waals surface area contributed by atoms with Crippen LogP contribution in [0.1, 0.15) is 11.1 Å². The number of aliphatic hydroxyl groups is 1. The third kappa shape index (κ3) is 2.49. The second-order valence-corrected chi connectivity index (χ2v) is 3.90. The van der Waals surface area contributed by atoms with Crippen LogP contribution in [0.5, 0.6) is 11.5 Å². The summed E-state index contributed by atoms with van der Waals surface area (Å²) in [5.41, 5.74) is 1.59. The highest BCUT2D eigenvalue weighted by Gasteiger charge is 2.10. The average molecular weight is 250 g/mol. The van der Waals surface area contributed by atoms with Gasteiger partial charge in [0, 0.05) is 0 Å².